The fourth-order valence-electron chi connectivity index (χ4n) is 2.74. The number of aryl methyl sites for hydroxylation is 1. The van der Waals surface area contributed by atoms with Crippen molar-refractivity contribution in [2.24, 2.45) is 0 Å². The first-order chi connectivity index (χ1) is 11.2. The summed E-state index contributed by atoms with van der Waals surface area (Å²) < 4.78 is 30.0. The summed E-state index contributed by atoms with van der Waals surface area (Å²) >= 11 is 0. The summed E-state index contributed by atoms with van der Waals surface area (Å²) in [4.78, 5) is 24.9. The van der Waals surface area contributed by atoms with Crippen LogP contribution in [0.1, 0.15) is 36.0 Å². The van der Waals surface area contributed by atoms with Crippen molar-refractivity contribution >= 4 is 21.9 Å². The highest BCUT2D eigenvalue weighted by molar-refractivity contribution is 7.89. The first-order valence-electron chi connectivity index (χ1n) is 7.68. The van der Waals surface area contributed by atoms with Gasteiger partial charge in [-0.05, 0) is 26.7 Å². The van der Waals surface area contributed by atoms with Crippen molar-refractivity contribution in [3.63, 3.8) is 0 Å². The van der Waals surface area contributed by atoms with Gasteiger partial charge in [0, 0.05) is 25.2 Å². The van der Waals surface area contributed by atoms with Gasteiger partial charge in [-0.1, -0.05) is 5.16 Å². The quantitative estimate of drug-likeness (QED) is 0.776. The molecule has 1 aromatic heterocycles. The van der Waals surface area contributed by atoms with E-state index in [4.69, 9.17) is 9.63 Å². The molecule has 0 spiro atoms. The summed E-state index contributed by atoms with van der Waals surface area (Å²) in [6.45, 7) is 3.29. The zero-order valence-corrected chi connectivity index (χ0v) is 14.5. The number of carbonyl (C=O) groups is 2. The van der Waals surface area contributed by atoms with Crippen LogP contribution in [0.5, 0.6) is 0 Å². The second-order valence-corrected chi connectivity index (χ2v) is 7.94. The molecular formula is C14H21N3O6S. The molecule has 0 saturated carbocycles. The molecule has 0 unspecified atom stereocenters. The standard InChI is InChI=1S/C14H21N3O6S/c1-3-24(21,22)16-6-4-11(5-7-16)17(9-13(18)19)14(20)12-8-10(2)23-15-12/h8,11H,3-7,9H2,1-2H3,(H,18,19). The lowest BCUT2D eigenvalue weighted by atomic mass is 10.0. The van der Waals surface area contributed by atoms with Crippen LogP contribution in [0.15, 0.2) is 10.6 Å². The lowest BCUT2D eigenvalue weighted by molar-refractivity contribution is -0.138. The molecule has 10 heteroatoms. The van der Waals surface area contributed by atoms with Gasteiger partial charge in [-0.2, -0.15) is 0 Å². The van der Waals surface area contributed by atoms with Crippen LogP contribution >= 0.6 is 0 Å². The van der Waals surface area contributed by atoms with E-state index in [2.05, 4.69) is 5.16 Å². The van der Waals surface area contributed by atoms with Gasteiger partial charge >= 0.3 is 5.97 Å². The van der Waals surface area contributed by atoms with Crippen molar-refractivity contribution < 1.29 is 27.6 Å². The number of nitrogens with zero attached hydrogens (tertiary/aromatic N) is 3. The third-order valence-electron chi connectivity index (χ3n) is 4.04. The van der Waals surface area contributed by atoms with Crippen molar-refractivity contribution in [1.29, 1.82) is 0 Å². The van der Waals surface area contributed by atoms with Gasteiger partial charge in [0.2, 0.25) is 10.0 Å². The number of carboxylic acids is 1. The molecule has 1 aliphatic rings. The second-order valence-electron chi connectivity index (χ2n) is 5.68. The Hall–Kier alpha value is -1.94. The maximum atomic E-state index is 12.5. The number of aliphatic carboxylic acids is 1. The molecule has 24 heavy (non-hydrogen) atoms. The monoisotopic (exact) mass is 359 g/mol. The topological polar surface area (TPSA) is 121 Å². The Labute approximate surface area is 140 Å². The van der Waals surface area contributed by atoms with Gasteiger partial charge in [0.15, 0.2) is 5.69 Å². The minimum atomic E-state index is -3.28. The molecule has 2 rings (SSSR count). The molecule has 0 aromatic carbocycles. The lowest BCUT2D eigenvalue weighted by Gasteiger charge is -2.36. The van der Waals surface area contributed by atoms with Crippen LogP contribution in [0.4, 0.5) is 0 Å². The van der Waals surface area contributed by atoms with Gasteiger partial charge in [-0.25, -0.2) is 12.7 Å². The summed E-state index contributed by atoms with van der Waals surface area (Å²) in [6.07, 6.45) is 0.768. The molecule has 2 heterocycles. The number of hydrogen-bond acceptors (Lipinski definition) is 6. The van der Waals surface area contributed by atoms with E-state index >= 15 is 0 Å². The van der Waals surface area contributed by atoms with Crippen molar-refractivity contribution in [2.75, 3.05) is 25.4 Å². The van der Waals surface area contributed by atoms with E-state index in [1.54, 1.807) is 13.8 Å². The maximum Gasteiger partial charge on any atom is 0.323 e. The Morgan fingerprint density at radius 3 is 2.50 bits per heavy atom. The molecule has 1 amide bonds. The van der Waals surface area contributed by atoms with Gasteiger partial charge in [0.05, 0.1) is 5.75 Å². The van der Waals surface area contributed by atoms with Gasteiger partial charge < -0.3 is 14.5 Å². The number of rotatable bonds is 6. The zero-order chi connectivity index (χ0) is 17.9. The third kappa shape index (κ3) is 4.12. The molecule has 0 atom stereocenters. The molecule has 0 aliphatic carbocycles. The van der Waals surface area contributed by atoms with Gasteiger partial charge in [0.25, 0.3) is 5.91 Å². The lowest BCUT2D eigenvalue weighted by Crippen LogP contribution is -2.50. The fraction of sp³-hybridized carbons (Fsp3) is 0.643. The summed E-state index contributed by atoms with van der Waals surface area (Å²) in [5.41, 5.74) is 0.0531. The van der Waals surface area contributed by atoms with E-state index in [1.165, 1.54) is 15.3 Å². The Morgan fingerprint density at radius 2 is 2.04 bits per heavy atom. The summed E-state index contributed by atoms with van der Waals surface area (Å²) in [7, 11) is -3.28. The Balaban J connectivity index is 2.12. The highest BCUT2D eigenvalue weighted by Gasteiger charge is 2.34. The van der Waals surface area contributed by atoms with E-state index in [1.807, 2.05) is 0 Å². The molecular weight excluding hydrogens is 338 g/mol. The highest BCUT2D eigenvalue weighted by Crippen LogP contribution is 2.21. The van der Waals surface area contributed by atoms with Crippen LogP contribution in [0.2, 0.25) is 0 Å². The predicted octanol–water partition coefficient (Wildman–Crippen LogP) is 0.324. The maximum absolute atomic E-state index is 12.5. The Kier molecular flexibility index (Phi) is 5.60. The van der Waals surface area contributed by atoms with Crippen molar-refractivity contribution in [1.82, 2.24) is 14.4 Å². The zero-order valence-electron chi connectivity index (χ0n) is 13.6. The summed E-state index contributed by atoms with van der Waals surface area (Å²) in [6, 6.07) is 1.10. The fourth-order valence-corrected chi connectivity index (χ4v) is 3.87. The molecule has 134 valence electrons. The number of piperidine rings is 1. The molecule has 9 nitrogen and oxygen atoms in total. The van der Waals surface area contributed by atoms with E-state index in [9.17, 15) is 18.0 Å². The number of carboxylic acid groups (broad SMARTS) is 1. The van der Waals surface area contributed by atoms with Crippen LogP contribution < -0.4 is 0 Å². The minimum Gasteiger partial charge on any atom is -0.480 e. The third-order valence-corrected chi connectivity index (χ3v) is 5.92. The summed E-state index contributed by atoms with van der Waals surface area (Å²) in [5.74, 6) is -1.18. The Bertz CT molecular complexity index is 706. The largest absolute Gasteiger partial charge is 0.480 e. The normalized spacial score (nSPS) is 16.9. The van der Waals surface area contributed by atoms with Gasteiger partial charge in [-0.3, -0.25) is 9.59 Å². The van der Waals surface area contributed by atoms with E-state index < -0.39 is 28.4 Å². The Morgan fingerprint density at radius 1 is 1.42 bits per heavy atom. The molecule has 1 aliphatic heterocycles. The number of amides is 1. The summed E-state index contributed by atoms with van der Waals surface area (Å²) in [5, 5.41) is 12.7. The molecule has 0 radical (unpaired) electrons. The van der Waals surface area contributed by atoms with Crippen LogP contribution in [0, 0.1) is 6.92 Å². The smallest absolute Gasteiger partial charge is 0.323 e. The van der Waals surface area contributed by atoms with Crippen molar-refractivity contribution in [3.8, 4) is 0 Å². The van der Waals surface area contributed by atoms with Crippen LogP contribution in [0.25, 0.3) is 0 Å². The van der Waals surface area contributed by atoms with Crippen LogP contribution in [0.3, 0.4) is 0 Å². The first kappa shape index (κ1) is 18.4. The van der Waals surface area contributed by atoms with Crippen LogP contribution in [-0.4, -0.2) is 71.2 Å². The predicted molar refractivity (Wildman–Crippen MR) is 84.0 cm³/mol. The first-order valence-corrected chi connectivity index (χ1v) is 9.29. The molecule has 1 N–H and O–H groups in total. The van der Waals surface area contributed by atoms with E-state index in [0.29, 0.717) is 18.6 Å². The SMILES string of the molecule is CCS(=O)(=O)N1CCC(N(CC(=O)O)C(=O)c2cc(C)on2)CC1. The minimum absolute atomic E-state index is 0.0215. The number of carbonyl (C=O) groups excluding carboxylic acids is 1. The molecule has 1 aromatic rings. The number of aromatic nitrogens is 1. The van der Waals surface area contributed by atoms with Crippen molar-refractivity contribution in [2.45, 2.75) is 32.7 Å². The number of sulfonamides is 1. The van der Waals surface area contributed by atoms with Crippen molar-refractivity contribution in [3.05, 3.63) is 17.5 Å². The van der Waals surface area contributed by atoms with Gasteiger partial charge in [0.1, 0.15) is 12.3 Å². The highest BCUT2D eigenvalue weighted by atomic mass is 32.2. The van der Waals surface area contributed by atoms with Gasteiger partial charge in [-0.15, -0.1) is 0 Å². The second kappa shape index (κ2) is 7.31. The molecule has 1 saturated heterocycles. The van der Waals surface area contributed by atoms with Crippen LogP contribution in [-0.2, 0) is 14.8 Å². The molecule has 1 fully saturated rings. The van der Waals surface area contributed by atoms with E-state index in [0.717, 1.165) is 0 Å². The number of hydrogen-bond donors (Lipinski definition) is 1. The van der Waals surface area contributed by atoms with E-state index in [-0.39, 0.29) is 30.6 Å². The molecule has 0 bridgehead atoms. The average Bonchev–Trinajstić information content (AvgIpc) is 2.98. The average molecular weight is 359 g/mol.